The van der Waals surface area contributed by atoms with Crippen LogP contribution in [0.3, 0.4) is 0 Å². The Hall–Kier alpha value is -1.80. The number of anilines is 1. The van der Waals surface area contributed by atoms with Crippen molar-refractivity contribution in [1.29, 1.82) is 0 Å². The maximum absolute atomic E-state index is 5.74. The van der Waals surface area contributed by atoms with Crippen LogP contribution in [0.4, 0.5) is 5.69 Å². The third kappa shape index (κ3) is 2.96. The molecule has 0 aromatic heterocycles. The zero-order valence-corrected chi connectivity index (χ0v) is 13.0. The van der Waals surface area contributed by atoms with Crippen LogP contribution < -0.4 is 5.32 Å². The maximum Gasteiger partial charge on any atom is 0.0751 e. The largest absolute Gasteiger partial charge is 0.376 e. The Bertz CT molecular complexity index is 627. The highest BCUT2D eigenvalue weighted by Crippen LogP contribution is 2.33. The number of benzene rings is 2. The fraction of sp³-hybridized carbons (Fsp3) is 0.368. The van der Waals surface area contributed by atoms with E-state index in [4.69, 9.17) is 4.74 Å². The highest BCUT2D eigenvalue weighted by Gasteiger charge is 2.23. The van der Waals surface area contributed by atoms with Crippen molar-refractivity contribution in [2.45, 2.75) is 38.8 Å². The van der Waals surface area contributed by atoms with E-state index in [-0.39, 0.29) is 11.5 Å². The summed E-state index contributed by atoms with van der Waals surface area (Å²) < 4.78 is 5.74. The van der Waals surface area contributed by atoms with Crippen molar-refractivity contribution >= 4 is 5.69 Å². The van der Waals surface area contributed by atoms with Gasteiger partial charge in [0.2, 0.25) is 0 Å². The van der Waals surface area contributed by atoms with Gasteiger partial charge in [-0.1, -0.05) is 63.2 Å². The van der Waals surface area contributed by atoms with E-state index >= 15 is 0 Å². The minimum atomic E-state index is 0.124. The van der Waals surface area contributed by atoms with E-state index in [2.05, 4.69) is 74.6 Å². The summed E-state index contributed by atoms with van der Waals surface area (Å²) in [5.74, 6) is 0. The minimum absolute atomic E-state index is 0.124. The first-order valence-electron chi connectivity index (χ1n) is 7.57. The molecule has 1 aliphatic heterocycles. The van der Waals surface area contributed by atoms with Crippen LogP contribution in [0.1, 0.15) is 43.5 Å². The quantitative estimate of drug-likeness (QED) is 0.864. The molecule has 0 aliphatic carbocycles. The van der Waals surface area contributed by atoms with Crippen LogP contribution in [0.25, 0.3) is 0 Å². The van der Waals surface area contributed by atoms with E-state index in [0.29, 0.717) is 0 Å². The molecule has 2 aromatic rings. The van der Waals surface area contributed by atoms with Crippen LogP contribution in [0, 0.1) is 0 Å². The summed E-state index contributed by atoms with van der Waals surface area (Å²) >= 11 is 0. The van der Waals surface area contributed by atoms with Crippen molar-refractivity contribution in [1.82, 2.24) is 0 Å². The lowest BCUT2D eigenvalue weighted by Crippen LogP contribution is -2.25. The number of fused-ring (bicyclic) bond motifs is 1. The van der Waals surface area contributed by atoms with E-state index in [9.17, 15) is 0 Å². The molecule has 2 nitrogen and oxygen atoms in total. The normalized spacial score (nSPS) is 18.1. The van der Waals surface area contributed by atoms with E-state index in [1.807, 2.05) is 0 Å². The standard InChI is InChI=1S/C19H23NO/c1-19(2,3)16-10-6-7-11-17(16)20-18-13-21-12-14-8-4-5-9-15(14)18/h4-11,18,20H,12-13H2,1-3H3. The molecule has 0 saturated heterocycles. The molecule has 0 fully saturated rings. The summed E-state index contributed by atoms with van der Waals surface area (Å²) in [5, 5.41) is 3.69. The van der Waals surface area contributed by atoms with Gasteiger partial charge in [0, 0.05) is 5.69 Å². The third-order valence-electron chi connectivity index (χ3n) is 4.04. The van der Waals surface area contributed by atoms with Crippen LogP contribution >= 0.6 is 0 Å². The third-order valence-corrected chi connectivity index (χ3v) is 4.04. The lowest BCUT2D eigenvalue weighted by atomic mass is 9.85. The van der Waals surface area contributed by atoms with Crippen LogP contribution in [0.2, 0.25) is 0 Å². The van der Waals surface area contributed by atoms with E-state index in [1.165, 1.54) is 22.4 Å². The monoisotopic (exact) mass is 281 g/mol. The van der Waals surface area contributed by atoms with Gasteiger partial charge in [-0.25, -0.2) is 0 Å². The topological polar surface area (TPSA) is 21.3 Å². The molecule has 0 bridgehead atoms. The van der Waals surface area contributed by atoms with Gasteiger partial charge < -0.3 is 10.1 Å². The number of ether oxygens (including phenoxy) is 1. The van der Waals surface area contributed by atoms with Crippen molar-refractivity contribution in [3.8, 4) is 0 Å². The van der Waals surface area contributed by atoms with Gasteiger partial charge in [0.15, 0.2) is 0 Å². The van der Waals surface area contributed by atoms with E-state index < -0.39 is 0 Å². The summed E-state index contributed by atoms with van der Waals surface area (Å²) in [6.07, 6.45) is 0. The van der Waals surface area contributed by atoms with Crippen LogP contribution in [0.5, 0.6) is 0 Å². The Morgan fingerprint density at radius 2 is 1.71 bits per heavy atom. The highest BCUT2D eigenvalue weighted by molar-refractivity contribution is 5.56. The molecule has 1 N–H and O–H groups in total. The van der Waals surface area contributed by atoms with Gasteiger partial charge >= 0.3 is 0 Å². The average Bonchev–Trinajstić information content (AvgIpc) is 2.47. The van der Waals surface area contributed by atoms with Gasteiger partial charge in [-0.2, -0.15) is 0 Å². The van der Waals surface area contributed by atoms with Gasteiger partial charge in [-0.3, -0.25) is 0 Å². The molecule has 0 amide bonds. The van der Waals surface area contributed by atoms with Crippen molar-refractivity contribution in [2.75, 3.05) is 11.9 Å². The second kappa shape index (κ2) is 5.53. The van der Waals surface area contributed by atoms with Gasteiger partial charge in [0.05, 0.1) is 19.3 Å². The Kier molecular flexibility index (Phi) is 3.73. The fourth-order valence-corrected chi connectivity index (χ4v) is 2.95. The molecule has 21 heavy (non-hydrogen) atoms. The first-order valence-corrected chi connectivity index (χ1v) is 7.57. The Morgan fingerprint density at radius 3 is 2.52 bits per heavy atom. The average molecular weight is 281 g/mol. The molecule has 1 unspecified atom stereocenters. The summed E-state index contributed by atoms with van der Waals surface area (Å²) in [4.78, 5) is 0. The SMILES string of the molecule is CC(C)(C)c1ccccc1NC1COCc2ccccc21. The van der Waals surface area contributed by atoms with Gasteiger partial charge in [-0.15, -0.1) is 0 Å². The Balaban J connectivity index is 1.92. The molecule has 0 spiro atoms. The van der Waals surface area contributed by atoms with Crippen molar-refractivity contribution in [3.05, 3.63) is 65.2 Å². The van der Waals surface area contributed by atoms with Crippen LogP contribution in [-0.2, 0) is 16.8 Å². The van der Waals surface area contributed by atoms with Crippen molar-refractivity contribution in [2.24, 2.45) is 0 Å². The van der Waals surface area contributed by atoms with Crippen LogP contribution in [-0.4, -0.2) is 6.61 Å². The van der Waals surface area contributed by atoms with Gasteiger partial charge in [0.25, 0.3) is 0 Å². The second-order valence-electron chi connectivity index (χ2n) is 6.71. The first-order chi connectivity index (χ1) is 10.1. The molecule has 1 atom stereocenters. The van der Waals surface area contributed by atoms with Gasteiger partial charge in [-0.05, 0) is 28.2 Å². The first kappa shape index (κ1) is 14.2. The van der Waals surface area contributed by atoms with Gasteiger partial charge in [0.1, 0.15) is 0 Å². The smallest absolute Gasteiger partial charge is 0.0751 e. The van der Waals surface area contributed by atoms with Crippen molar-refractivity contribution in [3.63, 3.8) is 0 Å². The Morgan fingerprint density at radius 1 is 1.00 bits per heavy atom. The maximum atomic E-state index is 5.74. The summed E-state index contributed by atoms with van der Waals surface area (Å²) in [5.41, 5.74) is 5.31. The predicted molar refractivity (Wildman–Crippen MR) is 87.6 cm³/mol. The summed E-state index contributed by atoms with van der Waals surface area (Å²) in [6, 6.07) is 17.3. The Labute approximate surface area is 127 Å². The molecule has 2 aromatic carbocycles. The lowest BCUT2D eigenvalue weighted by Gasteiger charge is -2.30. The summed E-state index contributed by atoms with van der Waals surface area (Å²) in [7, 11) is 0. The molecule has 1 aliphatic rings. The predicted octanol–water partition coefficient (Wildman–Crippen LogP) is 4.67. The lowest BCUT2D eigenvalue weighted by molar-refractivity contribution is 0.0969. The van der Waals surface area contributed by atoms with E-state index in [1.54, 1.807) is 0 Å². The molecule has 2 heteroatoms. The number of hydrogen-bond donors (Lipinski definition) is 1. The highest BCUT2D eigenvalue weighted by atomic mass is 16.5. The van der Waals surface area contributed by atoms with E-state index in [0.717, 1.165) is 13.2 Å². The zero-order valence-electron chi connectivity index (χ0n) is 13.0. The molecule has 3 rings (SSSR count). The minimum Gasteiger partial charge on any atom is -0.376 e. The van der Waals surface area contributed by atoms with Crippen LogP contribution in [0.15, 0.2) is 48.5 Å². The molecular formula is C19H23NO. The number of rotatable bonds is 2. The number of hydrogen-bond acceptors (Lipinski definition) is 2. The summed E-state index contributed by atoms with van der Waals surface area (Å²) in [6.45, 7) is 8.18. The molecule has 1 heterocycles. The fourth-order valence-electron chi connectivity index (χ4n) is 2.95. The second-order valence-corrected chi connectivity index (χ2v) is 6.71. The number of nitrogens with one attached hydrogen (secondary N) is 1. The number of para-hydroxylation sites is 1. The molecular weight excluding hydrogens is 258 g/mol. The van der Waals surface area contributed by atoms with Crippen molar-refractivity contribution < 1.29 is 4.74 Å². The molecule has 110 valence electrons. The molecule has 0 radical (unpaired) electrons. The zero-order chi connectivity index (χ0) is 14.9. The molecule has 0 saturated carbocycles.